The topological polar surface area (TPSA) is 148 Å². The fraction of sp³-hybridized carbons (Fsp3) is 0.250. The Kier molecular flexibility index (Phi) is 10.0. The van der Waals surface area contributed by atoms with Crippen molar-refractivity contribution >= 4 is 48.2 Å². The Morgan fingerprint density at radius 1 is 0.512 bits per heavy atom. The van der Waals surface area contributed by atoms with Crippen molar-refractivity contribution in [2.75, 3.05) is 42.3 Å². The largest absolute Gasteiger partial charge is 0.497 e. The van der Waals surface area contributed by atoms with Crippen LogP contribution in [-0.4, -0.2) is 80.5 Å². The van der Waals surface area contributed by atoms with Crippen molar-refractivity contribution in [3.63, 3.8) is 0 Å². The summed E-state index contributed by atoms with van der Waals surface area (Å²) in [7, 11) is -2.75. The van der Waals surface area contributed by atoms with Gasteiger partial charge in [-0.3, -0.25) is 0 Å². The minimum absolute atomic E-state index is 0.00589. The van der Waals surface area contributed by atoms with Crippen molar-refractivity contribution in [2.24, 2.45) is 0 Å². The summed E-state index contributed by atoms with van der Waals surface area (Å²) in [4.78, 5) is 0.366. The van der Waals surface area contributed by atoms with Crippen LogP contribution in [0.25, 0.3) is 0 Å². The molecule has 0 unspecified atom stereocenters. The van der Waals surface area contributed by atoms with Crippen LogP contribution in [0.1, 0.15) is 0 Å². The molecule has 0 radical (unpaired) electrons. The zero-order valence-corrected chi connectivity index (χ0v) is 27.2. The molecule has 0 aliphatic heterocycles. The molecule has 0 amide bonds. The maximum atomic E-state index is 14.0. The maximum absolute atomic E-state index is 14.0. The number of hydrogen-bond donors (Lipinski definition) is 0. The van der Waals surface area contributed by atoms with E-state index in [9.17, 15) is 29.8 Å². The second-order valence-electron chi connectivity index (χ2n) is 9.00. The molecule has 0 aromatic heterocycles. The van der Waals surface area contributed by atoms with E-state index in [1.807, 2.05) is 0 Å². The van der Waals surface area contributed by atoms with Gasteiger partial charge in [0.15, 0.2) is 0 Å². The van der Waals surface area contributed by atoms with Crippen LogP contribution in [-0.2, 0) is 34.6 Å². The highest BCUT2D eigenvalue weighted by atomic mass is 32.7. The fourth-order valence-electron chi connectivity index (χ4n) is 3.09. The zero-order chi connectivity index (χ0) is 30.8. The molecule has 0 heterocycles. The van der Waals surface area contributed by atoms with Gasteiger partial charge < -0.3 is 9.05 Å². The lowest BCUT2D eigenvalue weighted by atomic mass is 10.3. The molecule has 0 N–H and O–H groups in total. The molecule has 0 atom stereocenters. The van der Waals surface area contributed by atoms with E-state index in [0.717, 1.165) is 12.9 Å². The smallest absolute Gasteiger partial charge is 0.408 e. The van der Waals surface area contributed by atoms with E-state index in [0.29, 0.717) is 16.3 Å². The van der Waals surface area contributed by atoms with Gasteiger partial charge in [-0.25, -0.2) is 42.7 Å². The van der Waals surface area contributed by atoms with Gasteiger partial charge in [0, 0.05) is 58.6 Å². The molecule has 0 saturated heterocycles. The summed E-state index contributed by atoms with van der Waals surface area (Å²) in [5.41, 5.74) is 0. The lowest BCUT2D eigenvalue weighted by molar-refractivity contribution is 0.408. The Bertz CT molecular complexity index is 1530. The number of benzene rings is 3. The fourth-order valence-corrected chi connectivity index (χ4v) is 9.07. The van der Waals surface area contributed by atoms with E-state index in [2.05, 4.69) is 0 Å². The van der Waals surface area contributed by atoms with Crippen LogP contribution >= 0.6 is 18.2 Å². The van der Waals surface area contributed by atoms with Gasteiger partial charge in [-0.05, 0) is 72.8 Å². The normalized spacial score (nSPS) is 13.1. The predicted molar refractivity (Wildman–Crippen MR) is 157 cm³/mol. The first-order valence-corrected chi connectivity index (χ1v) is 18.9. The van der Waals surface area contributed by atoms with Gasteiger partial charge in [0.2, 0.25) is 30.1 Å². The van der Waals surface area contributed by atoms with Crippen molar-refractivity contribution in [1.29, 1.82) is 0 Å². The Morgan fingerprint density at radius 2 is 0.780 bits per heavy atom. The molecule has 17 heteroatoms. The minimum Gasteiger partial charge on any atom is -0.408 e. The van der Waals surface area contributed by atoms with Crippen molar-refractivity contribution in [2.45, 2.75) is 19.6 Å². The summed E-state index contributed by atoms with van der Waals surface area (Å²) in [5, 5.41) is 0. The van der Waals surface area contributed by atoms with Crippen LogP contribution in [0.3, 0.4) is 0 Å². The third-order valence-corrected chi connectivity index (χ3v) is 14.3. The molecular weight excluding hydrogens is 634 g/mol. The van der Waals surface area contributed by atoms with E-state index in [1.165, 1.54) is 115 Å². The molecule has 3 rings (SSSR count). The van der Waals surface area contributed by atoms with Crippen molar-refractivity contribution in [1.82, 2.24) is 12.9 Å². The number of hydrogen-bond acceptors (Lipinski definition) is 10. The summed E-state index contributed by atoms with van der Waals surface area (Å²) >= 11 is 0.687. The quantitative estimate of drug-likeness (QED) is 0.262. The first-order valence-electron chi connectivity index (χ1n) is 11.7. The van der Waals surface area contributed by atoms with Crippen LogP contribution in [0.15, 0.2) is 92.4 Å². The van der Waals surface area contributed by atoms with Crippen LogP contribution in [0.2, 0.25) is 0 Å². The summed E-state index contributed by atoms with van der Waals surface area (Å²) in [6.45, 7) is -4.17. The van der Waals surface area contributed by atoms with E-state index >= 15 is 0 Å². The summed E-state index contributed by atoms with van der Waals surface area (Å²) in [5.74, 6) is 0.0781. The molecular formula is C24H30N3O9PS4. The Labute approximate surface area is 245 Å². The van der Waals surface area contributed by atoms with Gasteiger partial charge in [-0.1, -0.05) is 0 Å². The average molecular weight is 664 g/mol. The van der Waals surface area contributed by atoms with Gasteiger partial charge in [0.05, 0.1) is 14.7 Å². The second kappa shape index (κ2) is 12.4. The van der Waals surface area contributed by atoms with Crippen molar-refractivity contribution in [3.8, 4) is 11.5 Å². The predicted octanol–water partition coefficient (Wildman–Crippen LogP) is 3.80. The third-order valence-electron chi connectivity index (χ3n) is 5.46. The summed E-state index contributed by atoms with van der Waals surface area (Å²) in [6.07, 6.45) is 0. The third kappa shape index (κ3) is 7.70. The van der Waals surface area contributed by atoms with Gasteiger partial charge in [-0.15, -0.1) is 0 Å². The molecule has 3 aromatic rings. The minimum atomic E-state index is -4.17. The second-order valence-corrected chi connectivity index (χ2v) is 19.3. The van der Waals surface area contributed by atoms with E-state index in [-0.39, 0.29) is 26.2 Å². The number of nitrogens with zero attached hydrogens (tertiary/aromatic N) is 3. The first-order chi connectivity index (χ1) is 18.9. The first kappa shape index (κ1) is 33.1. The highest BCUT2D eigenvalue weighted by Gasteiger charge is 2.32. The van der Waals surface area contributed by atoms with Gasteiger partial charge in [-0.2, -0.15) is 0 Å². The van der Waals surface area contributed by atoms with Crippen LogP contribution in [0, 0.1) is 0 Å². The SMILES string of the molecule is CN(C)S(=O)(=O)c1ccc(OP(=O)(Oc2ccc(S(=O)(=O)N(C)C)cc2)Sc2ccc(S(=O)(=O)N(C)C)cc2)cc1. The molecule has 3 aromatic carbocycles. The number of sulfonamides is 3. The van der Waals surface area contributed by atoms with Crippen molar-refractivity contribution in [3.05, 3.63) is 72.8 Å². The van der Waals surface area contributed by atoms with Gasteiger partial charge in [0.1, 0.15) is 11.5 Å². The Hall–Kier alpha value is -2.43. The van der Waals surface area contributed by atoms with E-state index in [1.54, 1.807) is 0 Å². The van der Waals surface area contributed by atoms with E-state index < -0.39 is 36.9 Å². The summed E-state index contributed by atoms with van der Waals surface area (Å²) in [6, 6.07) is 16.1. The molecule has 0 aliphatic carbocycles. The van der Waals surface area contributed by atoms with E-state index in [4.69, 9.17) is 9.05 Å². The molecule has 224 valence electrons. The Morgan fingerprint density at radius 3 is 1.05 bits per heavy atom. The molecule has 0 bridgehead atoms. The molecule has 0 fully saturated rings. The van der Waals surface area contributed by atoms with Crippen LogP contribution < -0.4 is 9.05 Å². The molecule has 0 aliphatic rings. The lowest BCUT2D eigenvalue weighted by Gasteiger charge is -2.20. The highest BCUT2D eigenvalue weighted by molar-refractivity contribution is 8.55. The highest BCUT2D eigenvalue weighted by Crippen LogP contribution is 2.62. The zero-order valence-electron chi connectivity index (χ0n) is 23.0. The maximum Gasteiger partial charge on any atom is 0.497 e. The lowest BCUT2D eigenvalue weighted by Crippen LogP contribution is -2.22. The van der Waals surface area contributed by atoms with Crippen LogP contribution in [0.4, 0.5) is 0 Å². The van der Waals surface area contributed by atoms with Crippen LogP contribution in [0.5, 0.6) is 11.5 Å². The monoisotopic (exact) mass is 663 g/mol. The average Bonchev–Trinajstić information content (AvgIpc) is 2.89. The molecule has 41 heavy (non-hydrogen) atoms. The summed E-state index contributed by atoms with van der Waals surface area (Å²) < 4.78 is 103. The van der Waals surface area contributed by atoms with Crippen molar-refractivity contribution < 1.29 is 38.9 Å². The standard InChI is InChI=1S/C24H30N3O9PS4/c1-25(2)39(29,30)22-13-7-19(8-14-22)35-37(28,36-20-9-15-23(16-10-20)40(31,32)26(3)4)38-21-11-17-24(18-12-21)41(33,34)27(5)6/h7-18H,1-6H3. The van der Waals surface area contributed by atoms with Gasteiger partial charge in [0.25, 0.3) is 0 Å². The van der Waals surface area contributed by atoms with Gasteiger partial charge >= 0.3 is 6.80 Å². The Balaban J connectivity index is 1.96. The molecule has 0 spiro atoms. The molecule has 0 saturated carbocycles. The molecule has 12 nitrogen and oxygen atoms in total. The number of rotatable bonds is 12.